The van der Waals surface area contributed by atoms with E-state index in [2.05, 4.69) is 12.6 Å². The molecule has 0 aliphatic rings. The van der Waals surface area contributed by atoms with Gasteiger partial charge in [0.2, 0.25) is 0 Å². The molecule has 168 valence electrons. The molecule has 0 aliphatic carbocycles. The first-order valence-electron chi connectivity index (χ1n) is 9.04. The van der Waals surface area contributed by atoms with Gasteiger partial charge in [0, 0.05) is 6.42 Å². The van der Waals surface area contributed by atoms with Crippen LogP contribution in [0.1, 0.15) is 6.42 Å². The van der Waals surface area contributed by atoms with Crippen LogP contribution in [0.3, 0.4) is 0 Å². The van der Waals surface area contributed by atoms with Gasteiger partial charge in [-0.05, 0) is 0 Å². The maximum atomic E-state index is 12.5. The van der Waals surface area contributed by atoms with E-state index in [4.69, 9.17) is 0 Å². The molecule has 29 heavy (non-hydrogen) atoms. The second kappa shape index (κ2) is 10.5. The summed E-state index contributed by atoms with van der Waals surface area (Å²) in [4.78, 5) is 48.0. The summed E-state index contributed by atoms with van der Waals surface area (Å²) in [5.74, 6) is -8.58. The van der Waals surface area contributed by atoms with Gasteiger partial charge in [-0.25, -0.2) is 0 Å². The number of carbonyl (C=O) groups is 4. The van der Waals surface area contributed by atoms with E-state index in [1.165, 1.54) is 0 Å². The quantitative estimate of drug-likeness (QED) is 0.130. The molecule has 0 saturated heterocycles. The van der Waals surface area contributed by atoms with Gasteiger partial charge < -0.3 is 29.4 Å². The standard InChI is InChI=1S/C18H32N2O8S/c1-19(2,3)8-11(22)14(17(25)26)10(21)7-13(29)16(24)15(18(27)28)12(23)9-20(4,5)6/h11-15,22-23H,7-9H2,1-6H3,(H-2,25,26,27,28,29)/p+2. The van der Waals surface area contributed by atoms with Crippen molar-refractivity contribution in [3.8, 4) is 0 Å². The third-order valence-electron chi connectivity index (χ3n) is 4.15. The van der Waals surface area contributed by atoms with Crippen LogP contribution < -0.4 is 0 Å². The number of rotatable bonds is 13. The van der Waals surface area contributed by atoms with E-state index >= 15 is 0 Å². The molecule has 0 radical (unpaired) electrons. The fourth-order valence-corrected chi connectivity index (χ4v) is 3.29. The van der Waals surface area contributed by atoms with E-state index in [1.54, 1.807) is 42.3 Å². The average Bonchev–Trinajstić information content (AvgIpc) is 2.41. The van der Waals surface area contributed by atoms with Crippen molar-refractivity contribution in [1.82, 2.24) is 0 Å². The van der Waals surface area contributed by atoms with Gasteiger partial charge in [-0.3, -0.25) is 19.2 Å². The number of ketones is 2. The first-order chi connectivity index (χ1) is 12.9. The average molecular weight is 439 g/mol. The Morgan fingerprint density at radius 2 is 1.10 bits per heavy atom. The van der Waals surface area contributed by atoms with Crippen LogP contribution in [0.4, 0.5) is 0 Å². The zero-order chi connectivity index (χ0) is 23.3. The minimum atomic E-state index is -1.80. The van der Waals surface area contributed by atoms with Crippen LogP contribution in [-0.4, -0.2) is 126 Å². The Morgan fingerprint density at radius 3 is 1.41 bits per heavy atom. The molecule has 4 N–H and O–H groups in total. The maximum absolute atomic E-state index is 12.5. The van der Waals surface area contributed by atoms with E-state index < -0.39 is 59.2 Å². The van der Waals surface area contributed by atoms with Crippen LogP contribution >= 0.6 is 12.6 Å². The molecular formula is C18H34N2O8S+2. The zero-order valence-corrected chi connectivity index (χ0v) is 18.7. The summed E-state index contributed by atoms with van der Waals surface area (Å²) in [5, 5.41) is 37.7. The normalized spacial score (nSPS) is 17.7. The smallest absolute Gasteiger partial charge is 0.317 e. The molecule has 5 unspecified atom stereocenters. The minimum Gasteiger partial charge on any atom is -0.481 e. The van der Waals surface area contributed by atoms with Gasteiger partial charge in [-0.1, -0.05) is 0 Å². The van der Waals surface area contributed by atoms with Crippen molar-refractivity contribution in [2.24, 2.45) is 11.8 Å². The molecule has 0 heterocycles. The molecule has 0 saturated carbocycles. The molecule has 0 rings (SSSR count). The van der Waals surface area contributed by atoms with Crippen LogP contribution in [0.15, 0.2) is 0 Å². The molecule has 10 nitrogen and oxygen atoms in total. The van der Waals surface area contributed by atoms with E-state index in [9.17, 15) is 39.6 Å². The number of carbonyl (C=O) groups excluding carboxylic acids is 2. The molecule has 0 amide bonds. The lowest BCUT2D eigenvalue weighted by molar-refractivity contribution is -0.873. The first-order valence-corrected chi connectivity index (χ1v) is 9.56. The lowest BCUT2D eigenvalue weighted by Gasteiger charge is -2.30. The van der Waals surface area contributed by atoms with Crippen LogP contribution in [0.25, 0.3) is 0 Å². The van der Waals surface area contributed by atoms with Crippen molar-refractivity contribution in [2.75, 3.05) is 55.4 Å². The number of carboxylic acid groups (broad SMARTS) is 2. The van der Waals surface area contributed by atoms with E-state index in [0.29, 0.717) is 0 Å². The molecule has 0 aromatic heterocycles. The lowest BCUT2D eigenvalue weighted by atomic mass is 9.89. The highest BCUT2D eigenvalue weighted by molar-refractivity contribution is 7.81. The number of nitrogens with zero attached hydrogens (tertiary/aromatic N) is 2. The summed E-state index contributed by atoms with van der Waals surface area (Å²) >= 11 is 3.99. The van der Waals surface area contributed by atoms with E-state index in [-0.39, 0.29) is 22.1 Å². The second-order valence-corrected chi connectivity index (χ2v) is 9.92. The minimum absolute atomic E-state index is 0.0200. The summed E-state index contributed by atoms with van der Waals surface area (Å²) in [6.07, 6.45) is -3.67. The second-order valence-electron chi connectivity index (χ2n) is 9.30. The molecule has 0 spiro atoms. The first kappa shape index (κ1) is 27.5. The van der Waals surface area contributed by atoms with Crippen molar-refractivity contribution >= 4 is 36.1 Å². The monoisotopic (exact) mass is 438 g/mol. The predicted octanol–water partition coefficient (Wildman–Crippen LogP) is -1.65. The van der Waals surface area contributed by atoms with Crippen molar-refractivity contribution < 1.29 is 48.6 Å². The molecule has 0 aromatic carbocycles. The highest BCUT2D eigenvalue weighted by Crippen LogP contribution is 2.20. The van der Waals surface area contributed by atoms with Gasteiger partial charge in [-0.2, -0.15) is 12.6 Å². The van der Waals surface area contributed by atoms with Crippen LogP contribution in [-0.2, 0) is 19.2 Å². The third-order valence-corrected chi connectivity index (χ3v) is 4.58. The summed E-state index contributed by atoms with van der Waals surface area (Å²) in [7, 11) is 10.3. The number of Topliss-reactive ketones (excluding diaryl/α,β-unsaturated/α-hetero) is 2. The molecular weight excluding hydrogens is 404 g/mol. The number of aliphatic hydroxyl groups is 2. The largest absolute Gasteiger partial charge is 0.481 e. The van der Waals surface area contributed by atoms with Gasteiger partial charge in [0.25, 0.3) is 0 Å². The van der Waals surface area contributed by atoms with Crippen molar-refractivity contribution in [1.29, 1.82) is 0 Å². The summed E-state index contributed by atoms with van der Waals surface area (Å²) in [5.41, 5.74) is 0. The van der Waals surface area contributed by atoms with Crippen molar-refractivity contribution in [3.05, 3.63) is 0 Å². The zero-order valence-electron chi connectivity index (χ0n) is 17.8. The predicted molar refractivity (Wildman–Crippen MR) is 107 cm³/mol. The number of quaternary nitrogens is 2. The van der Waals surface area contributed by atoms with Crippen LogP contribution in [0, 0.1) is 11.8 Å². The summed E-state index contributed by atoms with van der Waals surface area (Å²) in [6, 6.07) is 0. The van der Waals surface area contributed by atoms with Gasteiger partial charge >= 0.3 is 11.9 Å². The van der Waals surface area contributed by atoms with Gasteiger partial charge in [-0.15, -0.1) is 0 Å². The number of carboxylic acids is 2. The Kier molecular flexibility index (Phi) is 9.93. The highest BCUT2D eigenvalue weighted by Gasteiger charge is 2.42. The Hall–Kier alpha value is -1.53. The van der Waals surface area contributed by atoms with Crippen LogP contribution in [0.5, 0.6) is 0 Å². The number of hydrogen-bond acceptors (Lipinski definition) is 7. The van der Waals surface area contributed by atoms with Crippen molar-refractivity contribution in [3.63, 3.8) is 0 Å². The number of aliphatic hydroxyl groups excluding tert-OH is 2. The Morgan fingerprint density at radius 1 is 0.759 bits per heavy atom. The topological polar surface area (TPSA) is 149 Å². The van der Waals surface area contributed by atoms with E-state index in [1.807, 2.05) is 0 Å². The van der Waals surface area contributed by atoms with Gasteiger partial charge in [0.15, 0.2) is 11.6 Å². The Bertz CT molecular complexity index is 626. The highest BCUT2D eigenvalue weighted by atomic mass is 32.1. The van der Waals surface area contributed by atoms with Gasteiger partial charge in [0.1, 0.15) is 37.1 Å². The Labute approximate surface area is 176 Å². The Balaban J connectivity index is 5.40. The van der Waals surface area contributed by atoms with Gasteiger partial charge in [0.05, 0.1) is 47.5 Å². The fraction of sp³-hybridized carbons (Fsp3) is 0.778. The number of hydrogen-bond donors (Lipinski definition) is 5. The van der Waals surface area contributed by atoms with E-state index in [0.717, 1.165) is 0 Å². The summed E-state index contributed by atoms with van der Waals surface area (Å²) < 4.78 is 0.409. The number of likely N-dealkylation sites (N-methyl/N-ethyl adjacent to an activating group) is 2. The lowest BCUT2D eigenvalue weighted by Crippen LogP contribution is -2.50. The third kappa shape index (κ3) is 9.68. The van der Waals surface area contributed by atoms with Crippen molar-refractivity contribution in [2.45, 2.75) is 23.9 Å². The SMILES string of the molecule is C[N+](C)(C)CC(O)C(C(=O)O)C(=O)CC(S)C(=O)C(C(=O)O)C(O)C[N+](C)(C)C. The number of thiol groups is 1. The number of aliphatic carboxylic acids is 2. The molecule has 0 aliphatic heterocycles. The fourth-order valence-electron chi connectivity index (χ4n) is 2.95. The molecule has 0 aromatic rings. The molecule has 0 bridgehead atoms. The maximum Gasteiger partial charge on any atom is 0.317 e. The molecule has 0 fully saturated rings. The molecule has 5 atom stereocenters. The summed E-state index contributed by atoms with van der Waals surface area (Å²) in [6.45, 7) is -0.0506. The van der Waals surface area contributed by atoms with Crippen LogP contribution in [0.2, 0.25) is 0 Å². The molecule has 11 heteroatoms.